The van der Waals surface area contributed by atoms with Gasteiger partial charge in [0.1, 0.15) is 5.82 Å². The highest BCUT2D eigenvalue weighted by atomic mass is 32.2. The Kier molecular flexibility index (Phi) is 5.25. The van der Waals surface area contributed by atoms with E-state index in [2.05, 4.69) is 10.2 Å². The third-order valence-electron chi connectivity index (χ3n) is 2.75. The second-order valence-electron chi connectivity index (χ2n) is 4.01. The van der Waals surface area contributed by atoms with E-state index < -0.39 is 0 Å². The van der Waals surface area contributed by atoms with Gasteiger partial charge in [-0.2, -0.15) is 0 Å². The lowest BCUT2D eigenvalue weighted by Crippen LogP contribution is -2.06. The first-order valence-corrected chi connectivity index (χ1v) is 7.21. The summed E-state index contributed by atoms with van der Waals surface area (Å²) in [6.45, 7) is 0.956. The van der Waals surface area contributed by atoms with E-state index in [9.17, 15) is 0 Å². The number of methoxy groups -OCH3 is 1. The molecule has 0 amide bonds. The molecule has 0 atom stereocenters. The van der Waals surface area contributed by atoms with E-state index in [4.69, 9.17) is 15.2 Å². The summed E-state index contributed by atoms with van der Waals surface area (Å²) in [5.41, 5.74) is 5.56. The van der Waals surface area contributed by atoms with Crippen LogP contribution in [0.3, 0.4) is 0 Å². The molecule has 0 saturated carbocycles. The Bertz CT molecular complexity index is 559. The number of nitrogens with zero attached hydrogens (tertiary/aromatic N) is 3. The number of para-hydroxylation sites is 2. The summed E-state index contributed by atoms with van der Waals surface area (Å²) in [7, 11) is 3.54. The van der Waals surface area contributed by atoms with E-state index in [-0.39, 0.29) is 0 Å². The second-order valence-corrected chi connectivity index (χ2v) is 5.07. The number of ether oxygens (including phenoxy) is 2. The molecule has 1 aromatic carbocycles. The van der Waals surface area contributed by atoms with Gasteiger partial charge < -0.3 is 19.8 Å². The van der Waals surface area contributed by atoms with Crippen LogP contribution in [0, 0.1) is 0 Å². The van der Waals surface area contributed by atoms with Crippen LogP contribution in [0.25, 0.3) is 0 Å². The first kappa shape index (κ1) is 14.7. The molecule has 7 heteroatoms. The van der Waals surface area contributed by atoms with Crippen molar-refractivity contribution in [3.8, 4) is 11.5 Å². The van der Waals surface area contributed by atoms with Crippen LogP contribution >= 0.6 is 11.8 Å². The van der Waals surface area contributed by atoms with E-state index in [1.807, 2.05) is 35.9 Å². The second kappa shape index (κ2) is 7.16. The molecule has 0 fully saturated rings. The van der Waals surface area contributed by atoms with E-state index in [0.717, 1.165) is 28.2 Å². The Balaban J connectivity index is 1.83. The van der Waals surface area contributed by atoms with E-state index in [1.165, 1.54) is 0 Å². The average molecular weight is 294 g/mol. The molecule has 2 aromatic rings. The van der Waals surface area contributed by atoms with Crippen LogP contribution in [0.15, 0.2) is 29.4 Å². The fourth-order valence-electron chi connectivity index (χ4n) is 1.67. The van der Waals surface area contributed by atoms with Gasteiger partial charge in [-0.1, -0.05) is 23.9 Å². The zero-order valence-corrected chi connectivity index (χ0v) is 12.4. The van der Waals surface area contributed by atoms with Gasteiger partial charge in [-0.3, -0.25) is 0 Å². The molecule has 0 aliphatic rings. The third kappa shape index (κ3) is 3.43. The van der Waals surface area contributed by atoms with E-state index in [1.54, 1.807) is 18.9 Å². The predicted molar refractivity (Wildman–Crippen MR) is 78.1 cm³/mol. The van der Waals surface area contributed by atoms with Crippen molar-refractivity contribution in [3.63, 3.8) is 0 Å². The average Bonchev–Trinajstić information content (AvgIpc) is 2.84. The fourth-order valence-corrected chi connectivity index (χ4v) is 2.42. The highest BCUT2D eigenvalue weighted by Crippen LogP contribution is 2.26. The smallest absolute Gasteiger partial charge is 0.191 e. The topological polar surface area (TPSA) is 75.2 Å². The van der Waals surface area contributed by atoms with Gasteiger partial charge in [0.15, 0.2) is 16.7 Å². The van der Waals surface area contributed by atoms with Gasteiger partial charge in [0.05, 0.1) is 20.3 Å². The monoisotopic (exact) mass is 294 g/mol. The predicted octanol–water partition coefficient (Wildman–Crippen LogP) is 1.45. The number of hydrogen-bond acceptors (Lipinski definition) is 6. The van der Waals surface area contributed by atoms with Gasteiger partial charge in [0.2, 0.25) is 0 Å². The molecule has 0 aliphatic carbocycles. The number of thioether (sulfide) groups is 1. The number of rotatable bonds is 7. The molecule has 0 spiro atoms. The molecule has 1 aromatic heterocycles. The molecule has 2 N–H and O–H groups in total. The zero-order valence-electron chi connectivity index (χ0n) is 11.6. The van der Waals surface area contributed by atoms with Crippen molar-refractivity contribution in [2.45, 2.75) is 11.7 Å². The van der Waals surface area contributed by atoms with Crippen molar-refractivity contribution >= 4 is 11.8 Å². The first-order valence-electron chi connectivity index (χ1n) is 6.23. The van der Waals surface area contributed by atoms with Crippen molar-refractivity contribution < 1.29 is 9.47 Å². The standard InChI is InChI=1S/C13H18N4O2S/c1-17-12(9-14)15-16-13(17)20-8-7-19-11-6-4-3-5-10(11)18-2/h3-6H,7-9,14H2,1-2H3. The molecule has 108 valence electrons. The number of nitrogens with two attached hydrogens (primary N) is 1. The maximum absolute atomic E-state index is 5.69. The van der Waals surface area contributed by atoms with Crippen LogP contribution < -0.4 is 15.2 Å². The molecule has 2 rings (SSSR count). The highest BCUT2D eigenvalue weighted by molar-refractivity contribution is 7.99. The largest absolute Gasteiger partial charge is 0.493 e. The molecule has 0 saturated heterocycles. The SMILES string of the molecule is COc1ccccc1OCCSc1nnc(CN)n1C. The molecule has 0 radical (unpaired) electrons. The maximum atomic E-state index is 5.69. The maximum Gasteiger partial charge on any atom is 0.191 e. The molecule has 0 bridgehead atoms. The molecule has 6 nitrogen and oxygen atoms in total. The van der Waals surface area contributed by atoms with Crippen molar-refractivity contribution in [1.82, 2.24) is 14.8 Å². The Morgan fingerprint density at radius 1 is 1.25 bits per heavy atom. The summed E-state index contributed by atoms with van der Waals surface area (Å²) in [5, 5.41) is 8.93. The normalized spacial score (nSPS) is 10.6. The lowest BCUT2D eigenvalue weighted by Gasteiger charge is -2.09. The van der Waals surface area contributed by atoms with Crippen molar-refractivity contribution in [3.05, 3.63) is 30.1 Å². The highest BCUT2D eigenvalue weighted by Gasteiger charge is 2.08. The Labute approximate surface area is 122 Å². The summed E-state index contributed by atoms with van der Waals surface area (Å²) in [5.74, 6) is 3.03. The quantitative estimate of drug-likeness (QED) is 0.615. The number of hydrogen-bond donors (Lipinski definition) is 1. The molecule has 20 heavy (non-hydrogen) atoms. The number of aromatic nitrogens is 3. The Morgan fingerprint density at radius 3 is 2.65 bits per heavy atom. The van der Waals surface area contributed by atoms with Crippen molar-refractivity contribution in [1.29, 1.82) is 0 Å². The van der Waals surface area contributed by atoms with E-state index in [0.29, 0.717) is 13.2 Å². The molecule has 1 heterocycles. The van der Waals surface area contributed by atoms with Gasteiger partial charge >= 0.3 is 0 Å². The van der Waals surface area contributed by atoms with Gasteiger partial charge in [-0.05, 0) is 12.1 Å². The Hall–Kier alpha value is -1.73. The lowest BCUT2D eigenvalue weighted by atomic mass is 10.3. The van der Waals surface area contributed by atoms with Crippen molar-refractivity contribution in [2.75, 3.05) is 19.5 Å². The summed E-state index contributed by atoms with van der Waals surface area (Å²) in [4.78, 5) is 0. The van der Waals surface area contributed by atoms with Gasteiger partial charge in [0, 0.05) is 12.8 Å². The minimum Gasteiger partial charge on any atom is -0.493 e. The fraction of sp³-hybridized carbons (Fsp3) is 0.385. The summed E-state index contributed by atoms with van der Waals surface area (Å²) in [6.07, 6.45) is 0. The van der Waals surface area contributed by atoms with Crippen LogP contribution in [-0.2, 0) is 13.6 Å². The minimum atomic E-state index is 0.391. The van der Waals surface area contributed by atoms with Crippen LogP contribution in [-0.4, -0.2) is 34.2 Å². The van der Waals surface area contributed by atoms with Gasteiger partial charge in [-0.15, -0.1) is 10.2 Å². The third-order valence-corrected chi connectivity index (χ3v) is 3.73. The molecule has 0 unspecified atom stereocenters. The van der Waals surface area contributed by atoms with Gasteiger partial charge in [-0.25, -0.2) is 0 Å². The minimum absolute atomic E-state index is 0.391. The summed E-state index contributed by atoms with van der Waals surface area (Å²) < 4.78 is 12.8. The molecular weight excluding hydrogens is 276 g/mol. The van der Waals surface area contributed by atoms with Crippen molar-refractivity contribution in [2.24, 2.45) is 12.8 Å². The van der Waals surface area contributed by atoms with Crippen LogP contribution in [0.5, 0.6) is 11.5 Å². The van der Waals surface area contributed by atoms with Crippen LogP contribution in [0.1, 0.15) is 5.82 Å². The van der Waals surface area contributed by atoms with Gasteiger partial charge in [0.25, 0.3) is 0 Å². The molecular formula is C13H18N4O2S. The van der Waals surface area contributed by atoms with Crippen LogP contribution in [0.4, 0.5) is 0 Å². The summed E-state index contributed by atoms with van der Waals surface area (Å²) in [6, 6.07) is 7.59. The molecule has 0 aliphatic heterocycles. The van der Waals surface area contributed by atoms with E-state index >= 15 is 0 Å². The number of benzene rings is 1. The Morgan fingerprint density at radius 2 is 2.00 bits per heavy atom. The summed E-state index contributed by atoms with van der Waals surface area (Å²) >= 11 is 1.58. The lowest BCUT2D eigenvalue weighted by molar-refractivity contribution is 0.313. The first-order chi connectivity index (χ1) is 9.76. The zero-order chi connectivity index (χ0) is 14.4. The van der Waals surface area contributed by atoms with Crippen LogP contribution in [0.2, 0.25) is 0 Å².